The van der Waals surface area contributed by atoms with E-state index >= 15 is 0 Å². The van der Waals surface area contributed by atoms with Gasteiger partial charge in [-0.25, -0.2) is 4.72 Å². The maximum Gasteiger partial charge on any atom is 0.306 e. The molecule has 0 unspecified atom stereocenters. The van der Waals surface area contributed by atoms with Crippen LogP contribution in [-0.4, -0.2) is 43.4 Å². The minimum atomic E-state index is -3.44. The molecule has 0 aromatic rings. The van der Waals surface area contributed by atoms with Gasteiger partial charge in [0.05, 0.1) is 5.92 Å². The number of nitrogens with one attached hydrogen (secondary N) is 1. The van der Waals surface area contributed by atoms with Gasteiger partial charge in [0.15, 0.2) is 0 Å². The Balaban J connectivity index is 2.20. The molecule has 124 valence electrons. The topological polar surface area (TPSA) is 86.7 Å². The normalized spacial score (nSPS) is 18.0. The predicted octanol–water partition coefficient (Wildman–Crippen LogP) is 1.98. The molecule has 0 atom stereocenters. The summed E-state index contributed by atoms with van der Waals surface area (Å²) in [5.74, 6) is -1.23. The van der Waals surface area contributed by atoms with E-state index in [2.05, 4.69) is 11.6 Å². The molecule has 1 aliphatic rings. The van der Waals surface area contributed by atoms with Gasteiger partial charge < -0.3 is 5.11 Å². The SMILES string of the molecule is CCCCCCCCNS(=O)(=O)N1CCC(C(=O)O)CC1. The maximum atomic E-state index is 12.1. The lowest BCUT2D eigenvalue weighted by Crippen LogP contribution is -2.46. The third-order valence-corrected chi connectivity index (χ3v) is 5.57. The lowest BCUT2D eigenvalue weighted by atomic mass is 9.99. The fourth-order valence-electron chi connectivity index (χ4n) is 2.54. The summed E-state index contributed by atoms with van der Waals surface area (Å²) in [6.07, 6.45) is 7.51. The summed E-state index contributed by atoms with van der Waals surface area (Å²) in [6.45, 7) is 3.22. The van der Waals surface area contributed by atoms with Crippen molar-refractivity contribution in [3.63, 3.8) is 0 Å². The number of unbranched alkanes of at least 4 members (excludes halogenated alkanes) is 5. The van der Waals surface area contributed by atoms with Crippen LogP contribution in [-0.2, 0) is 15.0 Å². The minimum Gasteiger partial charge on any atom is -0.481 e. The Morgan fingerprint density at radius 2 is 1.71 bits per heavy atom. The molecule has 0 amide bonds. The maximum absolute atomic E-state index is 12.1. The third kappa shape index (κ3) is 6.76. The van der Waals surface area contributed by atoms with Crippen LogP contribution in [0.4, 0.5) is 0 Å². The lowest BCUT2D eigenvalue weighted by molar-refractivity contribution is -0.142. The lowest BCUT2D eigenvalue weighted by Gasteiger charge is -2.29. The van der Waals surface area contributed by atoms with Crippen molar-refractivity contribution in [2.75, 3.05) is 19.6 Å². The predicted molar refractivity (Wildman–Crippen MR) is 82.2 cm³/mol. The van der Waals surface area contributed by atoms with Gasteiger partial charge in [-0.05, 0) is 19.3 Å². The van der Waals surface area contributed by atoms with Crippen molar-refractivity contribution in [3.8, 4) is 0 Å². The molecule has 21 heavy (non-hydrogen) atoms. The van der Waals surface area contributed by atoms with Crippen LogP contribution in [0.1, 0.15) is 58.3 Å². The summed E-state index contributed by atoms with van der Waals surface area (Å²) >= 11 is 0. The van der Waals surface area contributed by atoms with Crippen LogP contribution >= 0.6 is 0 Å². The van der Waals surface area contributed by atoms with Gasteiger partial charge in [-0.1, -0.05) is 39.0 Å². The van der Waals surface area contributed by atoms with Gasteiger partial charge in [0.1, 0.15) is 0 Å². The fraction of sp³-hybridized carbons (Fsp3) is 0.929. The molecule has 0 aromatic heterocycles. The molecule has 0 spiro atoms. The average molecular weight is 320 g/mol. The highest BCUT2D eigenvalue weighted by molar-refractivity contribution is 7.87. The number of piperidine rings is 1. The molecule has 1 fully saturated rings. The Kier molecular flexibility index (Phi) is 8.21. The molecule has 0 aliphatic carbocycles. The molecule has 0 radical (unpaired) electrons. The Hall–Kier alpha value is -0.660. The van der Waals surface area contributed by atoms with E-state index in [1.54, 1.807) is 0 Å². The summed E-state index contributed by atoms with van der Waals surface area (Å²) in [5.41, 5.74) is 0. The van der Waals surface area contributed by atoms with E-state index < -0.39 is 22.1 Å². The van der Waals surface area contributed by atoms with E-state index in [9.17, 15) is 13.2 Å². The number of aliphatic carboxylic acids is 1. The van der Waals surface area contributed by atoms with Gasteiger partial charge >= 0.3 is 5.97 Å². The third-order valence-electron chi connectivity index (χ3n) is 3.96. The molecule has 1 rings (SSSR count). The highest BCUT2D eigenvalue weighted by atomic mass is 32.2. The van der Waals surface area contributed by atoms with Crippen LogP contribution in [0.5, 0.6) is 0 Å². The van der Waals surface area contributed by atoms with E-state index in [4.69, 9.17) is 5.11 Å². The van der Waals surface area contributed by atoms with E-state index in [1.807, 2.05) is 0 Å². The molecular weight excluding hydrogens is 292 g/mol. The first-order valence-electron chi connectivity index (χ1n) is 7.95. The van der Waals surface area contributed by atoms with E-state index in [1.165, 1.54) is 23.6 Å². The van der Waals surface area contributed by atoms with Crippen LogP contribution in [0.25, 0.3) is 0 Å². The monoisotopic (exact) mass is 320 g/mol. The van der Waals surface area contributed by atoms with Crippen LogP contribution in [0.3, 0.4) is 0 Å². The first kappa shape index (κ1) is 18.4. The highest BCUT2D eigenvalue weighted by Gasteiger charge is 2.30. The van der Waals surface area contributed by atoms with Crippen LogP contribution in [0.2, 0.25) is 0 Å². The second-order valence-corrected chi connectivity index (χ2v) is 7.43. The smallest absolute Gasteiger partial charge is 0.306 e. The second-order valence-electron chi connectivity index (χ2n) is 5.68. The van der Waals surface area contributed by atoms with Gasteiger partial charge in [-0.3, -0.25) is 4.79 Å². The van der Waals surface area contributed by atoms with Crippen molar-refractivity contribution in [1.82, 2.24) is 9.03 Å². The Bertz CT molecular complexity index is 403. The summed E-state index contributed by atoms with van der Waals surface area (Å²) in [4.78, 5) is 10.8. The minimum absolute atomic E-state index is 0.294. The zero-order chi connectivity index (χ0) is 15.7. The number of nitrogens with zero attached hydrogens (tertiary/aromatic N) is 1. The quantitative estimate of drug-likeness (QED) is 0.603. The second kappa shape index (κ2) is 9.38. The summed E-state index contributed by atoms with van der Waals surface area (Å²) in [5, 5.41) is 8.91. The molecule has 0 saturated carbocycles. The van der Waals surface area contributed by atoms with Crippen molar-refractivity contribution in [2.45, 2.75) is 58.3 Å². The summed E-state index contributed by atoms with van der Waals surface area (Å²) in [6, 6.07) is 0. The van der Waals surface area contributed by atoms with E-state index in [0.717, 1.165) is 19.3 Å². The summed E-state index contributed by atoms with van der Waals surface area (Å²) in [7, 11) is -3.44. The molecule has 2 N–H and O–H groups in total. The van der Waals surface area contributed by atoms with E-state index in [-0.39, 0.29) is 0 Å². The molecule has 6 nitrogen and oxygen atoms in total. The zero-order valence-corrected chi connectivity index (χ0v) is 13.7. The number of carboxylic acids is 1. The summed E-state index contributed by atoms with van der Waals surface area (Å²) < 4.78 is 28.1. The standard InChI is InChI=1S/C14H28N2O4S/c1-2-3-4-5-6-7-10-15-21(19,20)16-11-8-13(9-12-16)14(17)18/h13,15H,2-12H2,1H3,(H,17,18). The Labute approximate surface area is 128 Å². The van der Waals surface area contributed by atoms with Crippen LogP contribution in [0.15, 0.2) is 0 Å². The molecular formula is C14H28N2O4S. The average Bonchev–Trinajstić information content (AvgIpc) is 2.46. The molecule has 0 bridgehead atoms. The Morgan fingerprint density at radius 3 is 2.29 bits per heavy atom. The van der Waals surface area contributed by atoms with Gasteiger partial charge in [-0.15, -0.1) is 0 Å². The molecule has 1 saturated heterocycles. The first-order chi connectivity index (χ1) is 9.97. The number of carboxylic acid groups (broad SMARTS) is 1. The van der Waals surface area contributed by atoms with Gasteiger partial charge in [-0.2, -0.15) is 12.7 Å². The number of hydrogen-bond acceptors (Lipinski definition) is 3. The van der Waals surface area contributed by atoms with Gasteiger partial charge in [0.2, 0.25) is 0 Å². The van der Waals surface area contributed by atoms with Crippen molar-refractivity contribution in [1.29, 1.82) is 0 Å². The Morgan fingerprint density at radius 1 is 1.14 bits per heavy atom. The zero-order valence-electron chi connectivity index (χ0n) is 12.9. The van der Waals surface area contributed by atoms with Crippen LogP contribution < -0.4 is 4.72 Å². The van der Waals surface area contributed by atoms with Crippen LogP contribution in [0, 0.1) is 5.92 Å². The van der Waals surface area contributed by atoms with Gasteiger partial charge in [0.25, 0.3) is 10.2 Å². The van der Waals surface area contributed by atoms with Crippen molar-refractivity contribution < 1.29 is 18.3 Å². The van der Waals surface area contributed by atoms with Crippen molar-refractivity contribution in [2.24, 2.45) is 5.92 Å². The number of rotatable bonds is 10. The highest BCUT2D eigenvalue weighted by Crippen LogP contribution is 2.19. The largest absolute Gasteiger partial charge is 0.481 e. The van der Waals surface area contributed by atoms with E-state index in [0.29, 0.717) is 32.5 Å². The number of carbonyl (C=O) groups is 1. The van der Waals surface area contributed by atoms with Crippen molar-refractivity contribution >= 4 is 16.2 Å². The fourth-order valence-corrected chi connectivity index (χ4v) is 3.82. The van der Waals surface area contributed by atoms with Crippen molar-refractivity contribution in [3.05, 3.63) is 0 Å². The number of hydrogen-bond donors (Lipinski definition) is 2. The first-order valence-corrected chi connectivity index (χ1v) is 9.39. The molecule has 0 aromatic carbocycles. The molecule has 7 heteroatoms. The van der Waals surface area contributed by atoms with Gasteiger partial charge in [0, 0.05) is 19.6 Å². The molecule has 1 heterocycles. The molecule has 1 aliphatic heterocycles.